The van der Waals surface area contributed by atoms with Crippen LogP contribution in [0.3, 0.4) is 0 Å². The maximum atomic E-state index is 13.1. The maximum Gasteiger partial charge on any atom is 0.252 e. The lowest BCUT2D eigenvalue weighted by molar-refractivity contribution is 0.0951. The van der Waals surface area contributed by atoms with Crippen LogP contribution in [0.5, 0.6) is 5.88 Å². The molecular formula is C20H18FN3O3. The summed E-state index contributed by atoms with van der Waals surface area (Å²) in [4.78, 5) is 16.2. The van der Waals surface area contributed by atoms with Crippen molar-refractivity contribution in [3.05, 3.63) is 65.8 Å². The van der Waals surface area contributed by atoms with Crippen LogP contribution in [0.1, 0.15) is 28.8 Å². The van der Waals surface area contributed by atoms with Gasteiger partial charge in [0, 0.05) is 24.4 Å². The topological polar surface area (TPSA) is 77.2 Å². The second kappa shape index (κ2) is 7.57. The van der Waals surface area contributed by atoms with Crippen molar-refractivity contribution in [3.63, 3.8) is 0 Å². The van der Waals surface area contributed by atoms with Crippen LogP contribution < -0.4 is 10.1 Å². The van der Waals surface area contributed by atoms with Gasteiger partial charge in [0.05, 0.1) is 11.1 Å². The number of ether oxygens (including phenoxy) is 1. The van der Waals surface area contributed by atoms with Gasteiger partial charge in [-0.25, -0.2) is 9.37 Å². The number of hydrogen-bond acceptors (Lipinski definition) is 5. The summed E-state index contributed by atoms with van der Waals surface area (Å²) in [6.45, 7) is 0.910. The molecule has 0 aliphatic heterocycles. The zero-order valence-corrected chi connectivity index (χ0v) is 14.5. The highest BCUT2D eigenvalue weighted by atomic mass is 19.1. The van der Waals surface area contributed by atoms with Gasteiger partial charge in [0.1, 0.15) is 24.4 Å². The van der Waals surface area contributed by atoms with Crippen molar-refractivity contribution in [2.75, 3.05) is 6.54 Å². The molecule has 0 saturated heterocycles. The highest BCUT2D eigenvalue weighted by Gasteiger charge is 2.22. The monoisotopic (exact) mass is 367 g/mol. The van der Waals surface area contributed by atoms with Gasteiger partial charge in [-0.1, -0.05) is 5.16 Å². The maximum absolute atomic E-state index is 13.1. The van der Waals surface area contributed by atoms with Crippen LogP contribution in [-0.2, 0) is 6.61 Å². The fourth-order valence-corrected chi connectivity index (χ4v) is 2.62. The first-order valence-electron chi connectivity index (χ1n) is 8.75. The molecule has 0 bridgehead atoms. The van der Waals surface area contributed by atoms with Gasteiger partial charge in [0.2, 0.25) is 5.88 Å². The Bertz CT molecular complexity index is 918. The van der Waals surface area contributed by atoms with Crippen molar-refractivity contribution >= 4 is 5.91 Å². The Morgan fingerprint density at radius 1 is 1.22 bits per heavy atom. The SMILES string of the molecule is O=C(NCC1CC1)c1ccc(OCc2conc2-c2ccc(F)cc2)nc1. The molecule has 1 aromatic carbocycles. The zero-order valence-electron chi connectivity index (χ0n) is 14.5. The van der Waals surface area contributed by atoms with Crippen molar-refractivity contribution in [2.45, 2.75) is 19.4 Å². The Morgan fingerprint density at radius 2 is 2.04 bits per heavy atom. The number of halogens is 1. The summed E-state index contributed by atoms with van der Waals surface area (Å²) in [7, 11) is 0. The van der Waals surface area contributed by atoms with Crippen molar-refractivity contribution in [1.29, 1.82) is 0 Å². The van der Waals surface area contributed by atoms with Gasteiger partial charge >= 0.3 is 0 Å². The van der Waals surface area contributed by atoms with E-state index in [0.717, 1.165) is 17.7 Å². The molecule has 2 aromatic heterocycles. The predicted octanol–water partition coefficient (Wildman–Crippen LogP) is 3.59. The smallest absolute Gasteiger partial charge is 0.252 e. The minimum atomic E-state index is -0.314. The second-order valence-electron chi connectivity index (χ2n) is 6.52. The number of pyridine rings is 1. The number of benzene rings is 1. The van der Waals surface area contributed by atoms with Crippen LogP contribution in [0.25, 0.3) is 11.3 Å². The van der Waals surface area contributed by atoms with Gasteiger partial charge < -0.3 is 14.6 Å². The van der Waals surface area contributed by atoms with Crippen LogP contribution in [0.4, 0.5) is 4.39 Å². The van der Waals surface area contributed by atoms with E-state index in [1.807, 2.05) is 0 Å². The Kier molecular flexibility index (Phi) is 4.82. The summed E-state index contributed by atoms with van der Waals surface area (Å²) < 4.78 is 23.8. The summed E-state index contributed by atoms with van der Waals surface area (Å²) in [5.74, 6) is 0.576. The molecule has 0 spiro atoms. The van der Waals surface area contributed by atoms with Gasteiger partial charge in [-0.15, -0.1) is 0 Å². The Morgan fingerprint density at radius 3 is 2.74 bits per heavy atom. The molecule has 0 unspecified atom stereocenters. The number of carbonyl (C=O) groups is 1. The molecule has 1 saturated carbocycles. The molecule has 1 aliphatic rings. The number of hydrogen-bond donors (Lipinski definition) is 1. The van der Waals surface area contributed by atoms with Crippen molar-refractivity contribution < 1.29 is 18.4 Å². The number of nitrogens with zero attached hydrogens (tertiary/aromatic N) is 2. The fraction of sp³-hybridized carbons (Fsp3) is 0.250. The highest BCUT2D eigenvalue weighted by Crippen LogP contribution is 2.27. The Balaban J connectivity index is 1.37. The molecular weight excluding hydrogens is 349 g/mol. The third-order valence-corrected chi connectivity index (χ3v) is 4.38. The van der Waals surface area contributed by atoms with Crippen LogP contribution >= 0.6 is 0 Å². The van der Waals surface area contributed by atoms with E-state index in [1.54, 1.807) is 24.3 Å². The summed E-state index contributed by atoms with van der Waals surface area (Å²) >= 11 is 0. The minimum Gasteiger partial charge on any atom is -0.473 e. The van der Waals surface area contributed by atoms with E-state index in [0.29, 0.717) is 23.1 Å². The average Bonchev–Trinajstić information content (AvgIpc) is 3.41. The molecule has 1 amide bonds. The third kappa shape index (κ3) is 4.31. The molecule has 3 aromatic rings. The second-order valence-corrected chi connectivity index (χ2v) is 6.52. The van der Waals surface area contributed by atoms with Gasteiger partial charge in [0.25, 0.3) is 5.91 Å². The normalized spacial score (nSPS) is 13.4. The van der Waals surface area contributed by atoms with Gasteiger partial charge in [-0.05, 0) is 49.1 Å². The lowest BCUT2D eigenvalue weighted by atomic mass is 10.1. The Hall–Kier alpha value is -3.22. The molecule has 1 aliphatic carbocycles. The molecule has 1 fully saturated rings. The largest absolute Gasteiger partial charge is 0.473 e. The summed E-state index contributed by atoms with van der Waals surface area (Å²) in [5, 5.41) is 6.85. The first kappa shape index (κ1) is 17.2. The first-order valence-corrected chi connectivity index (χ1v) is 8.75. The number of amides is 1. The molecule has 7 heteroatoms. The molecule has 0 atom stereocenters. The Labute approximate surface area is 155 Å². The summed E-state index contributed by atoms with van der Waals surface area (Å²) in [5.41, 5.74) is 2.54. The highest BCUT2D eigenvalue weighted by molar-refractivity contribution is 5.93. The molecule has 6 nitrogen and oxygen atoms in total. The third-order valence-electron chi connectivity index (χ3n) is 4.38. The van der Waals surface area contributed by atoms with Gasteiger partial charge in [0.15, 0.2) is 0 Å². The van der Waals surface area contributed by atoms with E-state index in [-0.39, 0.29) is 18.3 Å². The predicted molar refractivity (Wildman–Crippen MR) is 95.5 cm³/mol. The van der Waals surface area contributed by atoms with E-state index in [2.05, 4.69) is 15.5 Å². The number of aromatic nitrogens is 2. The van der Waals surface area contributed by atoms with Crippen molar-refractivity contribution in [3.8, 4) is 17.1 Å². The number of nitrogens with one attached hydrogen (secondary N) is 1. The van der Waals surface area contributed by atoms with E-state index in [9.17, 15) is 9.18 Å². The molecule has 0 radical (unpaired) electrons. The standard InChI is InChI=1S/C20H18FN3O3/c21-17-6-3-14(4-7-17)19-16(12-27-24-19)11-26-18-8-5-15(10-22-18)20(25)23-9-13-1-2-13/h3-8,10,12-13H,1-2,9,11H2,(H,23,25). The van der Waals surface area contributed by atoms with Gasteiger partial charge in [-0.3, -0.25) is 4.79 Å². The van der Waals surface area contributed by atoms with E-state index < -0.39 is 0 Å². The quantitative estimate of drug-likeness (QED) is 0.690. The lowest BCUT2D eigenvalue weighted by Gasteiger charge is -2.07. The average molecular weight is 367 g/mol. The molecule has 4 rings (SSSR count). The van der Waals surface area contributed by atoms with Gasteiger partial charge in [-0.2, -0.15) is 0 Å². The van der Waals surface area contributed by atoms with Crippen LogP contribution in [0.2, 0.25) is 0 Å². The van der Waals surface area contributed by atoms with Crippen LogP contribution in [0, 0.1) is 11.7 Å². The van der Waals surface area contributed by atoms with E-state index in [4.69, 9.17) is 9.26 Å². The summed E-state index contributed by atoms with van der Waals surface area (Å²) in [6.07, 6.45) is 5.35. The molecule has 1 N–H and O–H groups in total. The minimum absolute atomic E-state index is 0.126. The van der Waals surface area contributed by atoms with Crippen molar-refractivity contribution in [1.82, 2.24) is 15.5 Å². The van der Waals surface area contributed by atoms with E-state index in [1.165, 1.54) is 37.4 Å². The van der Waals surface area contributed by atoms with Crippen LogP contribution in [0.15, 0.2) is 53.4 Å². The number of carbonyl (C=O) groups excluding carboxylic acids is 1. The van der Waals surface area contributed by atoms with E-state index >= 15 is 0 Å². The lowest BCUT2D eigenvalue weighted by Crippen LogP contribution is -2.25. The molecule has 27 heavy (non-hydrogen) atoms. The van der Waals surface area contributed by atoms with Crippen LogP contribution in [-0.4, -0.2) is 22.6 Å². The zero-order chi connectivity index (χ0) is 18.6. The summed E-state index contributed by atoms with van der Waals surface area (Å²) in [6, 6.07) is 9.32. The molecule has 2 heterocycles. The van der Waals surface area contributed by atoms with Crippen molar-refractivity contribution in [2.24, 2.45) is 5.92 Å². The fourth-order valence-electron chi connectivity index (χ4n) is 2.62. The number of rotatable bonds is 7. The first-order chi connectivity index (χ1) is 13.2. The molecule has 138 valence electrons.